The Kier molecular flexibility index (Phi) is 4.18. The zero-order valence-corrected chi connectivity index (χ0v) is 12.7. The van der Waals surface area contributed by atoms with Crippen LogP contribution < -0.4 is 15.1 Å². The molecule has 0 aromatic heterocycles. The zero-order valence-electron chi connectivity index (χ0n) is 12.7. The number of urea groups is 1. The summed E-state index contributed by atoms with van der Waals surface area (Å²) in [6.07, 6.45) is 2.24. The van der Waals surface area contributed by atoms with Gasteiger partial charge in [-0.1, -0.05) is 12.1 Å². The van der Waals surface area contributed by atoms with Crippen LogP contribution in [0, 0.1) is 0 Å². The lowest BCUT2D eigenvalue weighted by Gasteiger charge is -2.40. The summed E-state index contributed by atoms with van der Waals surface area (Å²) in [6.45, 7) is 3.67. The fraction of sp³-hybridized carbons (Fsp3) is 0.500. The Morgan fingerprint density at radius 1 is 1.32 bits per heavy atom. The average Bonchev–Trinajstić information content (AvgIpc) is 3.01. The van der Waals surface area contributed by atoms with Gasteiger partial charge in [0.25, 0.3) is 0 Å². The summed E-state index contributed by atoms with van der Waals surface area (Å²) in [5.74, 6) is -0.413. The Morgan fingerprint density at radius 3 is 2.86 bits per heavy atom. The smallest absolute Gasteiger partial charge is 0.325 e. The zero-order chi connectivity index (χ0) is 15.5. The number of esters is 1. The number of para-hydroxylation sites is 2. The predicted octanol–water partition coefficient (Wildman–Crippen LogP) is 1.75. The largest absolute Gasteiger partial charge is 0.465 e. The van der Waals surface area contributed by atoms with Crippen molar-refractivity contribution in [3.8, 4) is 0 Å². The van der Waals surface area contributed by atoms with E-state index in [1.165, 1.54) is 0 Å². The van der Waals surface area contributed by atoms with Gasteiger partial charge in [0.05, 0.1) is 18.0 Å². The molecule has 1 fully saturated rings. The highest BCUT2D eigenvalue weighted by atomic mass is 16.5. The first kappa shape index (κ1) is 14.7. The fourth-order valence-corrected chi connectivity index (χ4v) is 3.23. The molecule has 22 heavy (non-hydrogen) atoms. The summed E-state index contributed by atoms with van der Waals surface area (Å²) in [5.41, 5.74) is 2.00. The second-order valence-corrected chi connectivity index (χ2v) is 5.55. The average molecular weight is 303 g/mol. The SMILES string of the molecule is CCOC(=O)CNC(=O)N1C[C@H]2CCCN2c2ccccc21. The van der Waals surface area contributed by atoms with Crippen molar-refractivity contribution >= 4 is 23.4 Å². The van der Waals surface area contributed by atoms with E-state index < -0.39 is 5.97 Å². The van der Waals surface area contributed by atoms with Gasteiger partial charge in [0.2, 0.25) is 0 Å². The van der Waals surface area contributed by atoms with E-state index in [1.54, 1.807) is 11.8 Å². The second kappa shape index (κ2) is 6.25. The number of fused-ring (bicyclic) bond motifs is 3. The topological polar surface area (TPSA) is 61.9 Å². The first-order chi connectivity index (χ1) is 10.7. The molecule has 0 unspecified atom stereocenters. The van der Waals surface area contributed by atoms with Gasteiger partial charge < -0.3 is 15.0 Å². The Morgan fingerprint density at radius 2 is 2.09 bits per heavy atom. The van der Waals surface area contributed by atoms with Gasteiger partial charge in [0.15, 0.2) is 0 Å². The number of ether oxygens (including phenoxy) is 1. The number of hydrogen-bond donors (Lipinski definition) is 1. The summed E-state index contributed by atoms with van der Waals surface area (Å²) >= 11 is 0. The Labute approximate surface area is 130 Å². The van der Waals surface area contributed by atoms with Crippen molar-refractivity contribution in [3.63, 3.8) is 0 Å². The molecule has 2 aliphatic rings. The number of carbonyl (C=O) groups excluding carboxylic acids is 2. The molecule has 0 bridgehead atoms. The molecule has 6 heteroatoms. The van der Waals surface area contributed by atoms with Crippen LogP contribution in [0.1, 0.15) is 19.8 Å². The predicted molar refractivity (Wildman–Crippen MR) is 84.2 cm³/mol. The van der Waals surface area contributed by atoms with Crippen LogP contribution in [0.2, 0.25) is 0 Å². The van der Waals surface area contributed by atoms with E-state index >= 15 is 0 Å². The van der Waals surface area contributed by atoms with Gasteiger partial charge >= 0.3 is 12.0 Å². The highest BCUT2D eigenvalue weighted by Gasteiger charge is 2.36. The highest BCUT2D eigenvalue weighted by molar-refractivity contribution is 5.98. The molecule has 0 spiro atoms. The van der Waals surface area contributed by atoms with Crippen LogP contribution in [-0.4, -0.2) is 44.3 Å². The molecular formula is C16H21N3O3. The first-order valence-corrected chi connectivity index (χ1v) is 7.77. The summed E-state index contributed by atoms with van der Waals surface area (Å²) in [5, 5.41) is 2.65. The lowest BCUT2D eigenvalue weighted by Crippen LogP contribution is -2.52. The summed E-state index contributed by atoms with van der Waals surface area (Å²) in [7, 11) is 0. The van der Waals surface area contributed by atoms with Crippen LogP contribution in [0.3, 0.4) is 0 Å². The van der Waals surface area contributed by atoms with Crippen LogP contribution in [-0.2, 0) is 9.53 Å². The van der Waals surface area contributed by atoms with Gasteiger partial charge in [-0.15, -0.1) is 0 Å². The molecule has 0 radical (unpaired) electrons. The number of rotatable bonds is 3. The molecule has 6 nitrogen and oxygen atoms in total. The minimum absolute atomic E-state index is 0.0975. The third-order valence-corrected chi connectivity index (χ3v) is 4.19. The molecule has 118 valence electrons. The van der Waals surface area contributed by atoms with Crippen LogP contribution in [0.5, 0.6) is 0 Å². The maximum atomic E-state index is 12.4. The Bertz CT molecular complexity index is 576. The molecular weight excluding hydrogens is 282 g/mol. The maximum Gasteiger partial charge on any atom is 0.325 e. The molecule has 2 heterocycles. The number of nitrogens with zero attached hydrogens (tertiary/aromatic N) is 2. The van der Waals surface area contributed by atoms with E-state index in [4.69, 9.17) is 4.74 Å². The normalized spacial score (nSPS) is 19.4. The number of amides is 2. The van der Waals surface area contributed by atoms with Crippen LogP contribution in [0.15, 0.2) is 24.3 Å². The van der Waals surface area contributed by atoms with Crippen LogP contribution >= 0.6 is 0 Å². The molecule has 2 amide bonds. The van der Waals surface area contributed by atoms with Gasteiger partial charge in [0, 0.05) is 19.1 Å². The minimum Gasteiger partial charge on any atom is -0.465 e. The molecule has 1 aromatic rings. The van der Waals surface area contributed by atoms with Crippen molar-refractivity contribution in [2.45, 2.75) is 25.8 Å². The molecule has 0 aliphatic carbocycles. The van der Waals surface area contributed by atoms with Crippen LogP contribution in [0.4, 0.5) is 16.2 Å². The van der Waals surface area contributed by atoms with Gasteiger partial charge in [-0.05, 0) is 31.9 Å². The second-order valence-electron chi connectivity index (χ2n) is 5.55. The van der Waals surface area contributed by atoms with E-state index in [9.17, 15) is 9.59 Å². The number of anilines is 2. The number of benzene rings is 1. The van der Waals surface area contributed by atoms with Crippen LogP contribution in [0.25, 0.3) is 0 Å². The van der Waals surface area contributed by atoms with Crippen molar-refractivity contribution in [2.75, 3.05) is 36.0 Å². The molecule has 1 N–H and O–H groups in total. The first-order valence-electron chi connectivity index (χ1n) is 7.77. The maximum absolute atomic E-state index is 12.4. The fourth-order valence-electron chi connectivity index (χ4n) is 3.23. The van der Waals surface area contributed by atoms with E-state index in [2.05, 4.69) is 16.3 Å². The lowest BCUT2D eigenvalue weighted by atomic mass is 10.1. The minimum atomic E-state index is -0.413. The van der Waals surface area contributed by atoms with E-state index in [0.717, 1.165) is 30.8 Å². The molecule has 1 atom stereocenters. The molecule has 1 saturated heterocycles. The van der Waals surface area contributed by atoms with Gasteiger partial charge in [-0.2, -0.15) is 0 Å². The highest BCUT2D eigenvalue weighted by Crippen LogP contribution is 2.39. The van der Waals surface area contributed by atoms with Crippen molar-refractivity contribution in [1.82, 2.24) is 5.32 Å². The third kappa shape index (κ3) is 2.73. The van der Waals surface area contributed by atoms with Crippen molar-refractivity contribution in [3.05, 3.63) is 24.3 Å². The Hall–Kier alpha value is -2.24. The van der Waals surface area contributed by atoms with Gasteiger partial charge in [0.1, 0.15) is 6.54 Å². The van der Waals surface area contributed by atoms with Crippen molar-refractivity contribution < 1.29 is 14.3 Å². The third-order valence-electron chi connectivity index (χ3n) is 4.19. The van der Waals surface area contributed by atoms with E-state index in [1.807, 2.05) is 18.2 Å². The quantitative estimate of drug-likeness (QED) is 0.864. The summed E-state index contributed by atoms with van der Waals surface area (Å²) in [6, 6.07) is 8.05. The summed E-state index contributed by atoms with van der Waals surface area (Å²) < 4.78 is 4.84. The monoisotopic (exact) mass is 303 g/mol. The number of nitrogens with one attached hydrogen (secondary N) is 1. The molecule has 3 rings (SSSR count). The lowest BCUT2D eigenvalue weighted by molar-refractivity contribution is -0.141. The number of hydrogen-bond acceptors (Lipinski definition) is 4. The Balaban J connectivity index is 1.75. The summed E-state index contributed by atoms with van der Waals surface area (Å²) in [4.78, 5) is 28.0. The number of carbonyl (C=O) groups is 2. The molecule has 2 aliphatic heterocycles. The van der Waals surface area contributed by atoms with Crippen molar-refractivity contribution in [2.24, 2.45) is 0 Å². The van der Waals surface area contributed by atoms with Gasteiger partial charge in [-0.25, -0.2) is 4.79 Å². The van der Waals surface area contributed by atoms with Crippen molar-refractivity contribution in [1.29, 1.82) is 0 Å². The van der Waals surface area contributed by atoms with E-state index in [0.29, 0.717) is 19.2 Å². The van der Waals surface area contributed by atoms with Gasteiger partial charge in [-0.3, -0.25) is 9.69 Å². The standard InChI is InChI=1S/C16H21N3O3/c1-2-22-15(20)10-17-16(21)19-11-12-6-5-9-18(12)13-7-3-4-8-14(13)19/h3-4,7-8,12H,2,5-6,9-11H2,1H3,(H,17,21)/t12-/m1/s1. The molecule has 1 aromatic carbocycles. The van der Waals surface area contributed by atoms with E-state index in [-0.39, 0.29) is 12.6 Å². The molecule has 0 saturated carbocycles.